The van der Waals surface area contributed by atoms with Crippen molar-refractivity contribution in [3.8, 4) is 0 Å². The van der Waals surface area contributed by atoms with Gasteiger partial charge in [0.25, 0.3) is 0 Å². The molecule has 1 amide bonds. The lowest BCUT2D eigenvalue weighted by atomic mass is 10.1. The molecule has 0 aliphatic rings. The number of carboxylic acids is 1. The first-order valence-electron chi connectivity index (χ1n) is 6.96. The molecule has 0 saturated heterocycles. The first-order chi connectivity index (χ1) is 10.4. The van der Waals surface area contributed by atoms with E-state index in [-0.39, 0.29) is 17.9 Å². The first kappa shape index (κ1) is 16.2. The van der Waals surface area contributed by atoms with E-state index in [2.05, 4.69) is 24.1 Å². The quantitative estimate of drug-likeness (QED) is 0.885. The fraction of sp³-hybridized carbons (Fsp3) is 0.312. The van der Waals surface area contributed by atoms with Crippen molar-refractivity contribution in [2.24, 2.45) is 0 Å². The van der Waals surface area contributed by atoms with Crippen molar-refractivity contribution < 1.29 is 14.7 Å². The van der Waals surface area contributed by atoms with Crippen LogP contribution in [0.15, 0.2) is 24.3 Å². The van der Waals surface area contributed by atoms with Gasteiger partial charge in [-0.15, -0.1) is 11.3 Å². The lowest BCUT2D eigenvalue weighted by Gasteiger charge is -2.05. The van der Waals surface area contributed by atoms with E-state index in [4.69, 9.17) is 5.11 Å². The average molecular weight is 318 g/mol. The molecule has 0 saturated carbocycles. The standard InChI is InChI=1S/C16H18N2O3S/c1-9(2)15-10(3)22-14(18-15)8-13(19)17-12-6-4-5-11(7-12)16(20)21/h4-7,9H,8H2,1-3H3,(H,17,19)(H,20,21). The van der Waals surface area contributed by atoms with E-state index in [0.717, 1.165) is 15.6 Å². The lowest BCUT2D eigenvalue weighted by molar-refractivity contribution is -0.115. The van der Waals surface area contributed by atoms with E-state index < -0.39 is 5.97 Å². The van der Waals surface area contributed by atoms with Gasteiger partial charge in [-0.1, -0.05) is 19.9 Å². The van der Waals surface area contributed by atoms with Crippen LogP contribution < -0.4 is 5.32 Å². The van der Waals surface area contributed by atoms with Crippen LogP contribution in [-0.4, -0.2) is 22.0 Å². The van der Waals surface area contributed by atoms with Crippen LogP contribution in [0.4, 0.5) is 5.69 Å². The maximum atomic E-state index is 12.1. The van der Waals surface area contributed by atoms with Crippen molar-refractivity contribution in [2.75, 3.05) is 5.32 Å². The zero-order valence-corrected chi connectivity index (χ0v) is 13.5. The third-order valence-electron chi connectivity index (χ3n) is 3.13. The van der Waals surface area contributed by atoms with E-state index >= 15 is 0 Å². The number of carbonyl (C=O) groups excluding carboxylic acids is 1. The minimum atomic E-state index is -1.02. The molecule has 2 aromatic rings. The molecule has 0 bridgehead atoms. The molecule has 0 atom stereocenters. The molecule has 5 nitrogen and oxygen atoms in total. The molecule has 0 spiro atoms. The molecule has 1 aromatic carbocycles. The number of rotatable bonds is 5. The van der Waals surface area contributed by atoms with Crippen LogP contribution in [0, 0.1) is 6.92 Å². The fourth-order valence-electron chi connectivity index (χ4n) is 2.15. The molecule has 1 heterocycles. The van der Waals surface area contributed by atoms with Gasteiger partial charge in [0, 0.05) is 10.6 Å². The third kappa shape index (κ3) is 3.92. The number of aromatic nitrogens is 1. The SMILES string of the molecule is Cc1sc(CC(=O)Nc2cccc(C(=O)O)c2)nc1C(C)C. The van der Waals surface area contributed by atoms with Crippen LogP contribution in [-0.2, 0) is 11.2 Å². The van der Waals surface area contributed by atoms with Crippen molar-refractivity contribution in [1.82, 2.24) is 4.98 Å². The van der Waals surface area contributed by atoms with Crippen LogP contribution in [0.25, 0.3) is 0 Å². The minimum absolute atomic E-state index is 0.144. The summed E-state index contributed by atoms with van der Waals surface area (Å²) in [4.78, 5) is 28.6. The first-order valence-corrected chi connectivity index (χ1v) is 7.78. The average Bonchev–Trinajstić information content (AvgIpc) is 2.79. The van der Waals surface area contributed by atoms with E-state index in [1.165, 1.54) is 23.5 Å². The van der Waals surface area contributed by atoms with Crippen LogP contribution in [0.3, 0.4) is 0 Å². The van der Waals surface area contributed by atoms with Crippen molar-refractivity contribution in [3.63, 3.8) is 0 Å². The Kier molecular flexibility index (Phi) is 4.92. The summed E-state index contributed by atoms with van der Waals surface area (Å²) in [5.74, 6) is -0.889. The molecule has 6 heteroatoms. The van der Waals surface area contributed by atoms with Gasteiger partial charge in [-0.05, 0) is 31.0 Å². The van der Waals surface area contributed by atoms with Gasteiger partial charge in [0.2, 0.25) is 5.91 Å². The molecule has 0 aliphatic carbocycles. The van der Waals surface area contributed by atoms with Gasteiger partial charge < -0.3 is 10.4 Å². The Morgan fingerprint density at radius 3 is 2.68 bits per heavy atom. The monoisotopic (exact) mass is 318 g/mol. The Hall–Kier alpha value is -2.21. The summed E-state index contributed by atoms with van der Waals surface area (Å²) in [6, 6.07) is 6.18. The summed E-state index contributed by atoms with van der Waals surface area (Å²) in [6.45, 7) is 6.15. The molecular formula is C16H18N2O3S. The number of carbonyl (C=O) groups is 2. The zero-order valence-electron chi connectivity index (χ0n) is 12.7. The van der Waals surface area contributed by atoms with Gasteiger partial charge in [0.1, 0.15) is 5.01 Å². The van der Waals surface area contributed by atoms with Crippen molar-refractivity contribution >= 4 is 28.9 Å². The number of hydrogen-bond acceptors (Lipinski definition) is 4. The number of aromatic carboxylic acids is 1. The maximum absolute atomic E-state index is 12.1. The molecule has 0 fully saturated rings. The number of thiazole rings is 1. The molecule has 0 unspecified atom stereocenters. The number of nitrogens with zero attached hydrogens (tertiary/aromatic N) is 1. The number of aryl methyl sites for hydroxylation is 1. The van der Waals surface area contributed by atoms with Crippen molar-refractivity contribution in [2.45, 2.75) is 33.1 Å². The topological polar surface area (TPSA) is 79.3 Å². The van der Waals surface area contributed by atoms with E-state index in [1.807, 2.05) is 6.92 Å². The smallest absolute Gasteiger partial charge is 0.335 e. The molecule has 0 aliphatic heterocycles. The van der Waals surface area contributed by atoms with Gasteiger partial charge in [-0.25, -0.2) is 9.78 Å². The van der Waals surface area contributed by atoms with Crippen LogP contribution in [0.1, 0.15) is 45.7 Å². The second-order valence-corrected chi connectivity index (χ2v) is 6.60. The fourth-order valence-corrected chi connectivity index (χ4v) is 3.24. The highest BCUT2D eigenvalue weighted by molar-refractivity contribution is 7.11. The van der Waals surface area contributed by atoms with Crippen molar-refractivity contribution in [1.29, 1.82) is 0 Å². The largest absolute Gasteiger partial charge is 0.478 e. The van der Waals surface area contributed by atoms with Crippen LogP contribution in [0.5, 0.6) is 0 Å². The number of hydrogen-bond donors (Lipinski definition) is 2. The number of amides is 1. The molecule has 22 heavy (non-hydrogen) atoms. The predicted molar refractivity (Wildman–Crippen MR) is 86.7 cm³/mol. The highest BCUT2D eigenvalue weighted by atomic mass is 32.1. The Bertz CT molecular complexity index is 707. The third-order valence-corrected chi connectivity index (χ3v) is 4.12. The van der Waals surface area contributed by atoms with E-state index in [9.17, 15) is 9.59 Å². The highest BCUT2D eigenvalue weighted by Gasteiger charge is 2.14. The number of benzene rings is 1. The summed E-state index contributed by atoms with van der Waals surface area (Å²) in [5, 5.41) is 12.4. The lowest BCUT2D eigenvalue weighted by Crippen LogP contribution is -2.14. The van der Waals surface area contributed by atoms with Gasteiger partial charge in [-0.3, -0.25) is 4.79 Å². The number of nitrogens with one attached hydrogen (secondary N) is 1. The second kappa shape index (κ2) is 6.70. The summed E-state index contributed by atoms with van der Waals surface area (Å²) in [6.07, 6.45) is 0.190. The van der Waals surface area contributed by atoms with Crippen LogP contribution >= 0.6 is 11.3 Å². The molecule has 116 valence electrons. The molecule has 2 N–H and O–H groups in total. The summed E-state index contributed by atoms with van der Waals surface area (Å²) < 4.78 is 0. The number of anilines is 1. The molecule has 0 radical (unpaired) electrons. The number of carboxylic acid groups (broad SMARTS) is 1. The molecule has 2 rings (SSSR count). The van der Waals surface area contributed by atoms with Gasteiger partial charge in [0.05, 0.1) is 17.7 Å². The van der Waals surface area contributed by atoms with Gasteiger partial charge >= 0.3 is 5.97 Å². The minimum Gasteiger partial charge on any atom is -0.478 e. The Labute approximate surface area is 133 Å². The van der Waals surface area contributed by atoms with E-state index in [1.54, 1.807) is 12.1 Å². The summed E-state index contributed by atoms with van der Waals surface area (Å²) >= 11 is 1.52. The van der Waals surface area contributed by atoms with Gasteiger partial charge in [0.15, 0.2) is 0 Å². The zero-order chi connectivity index (χ0) is 16.3. The predicted octanol–water partition coefficient (Wildman–Crippen LogP) is 3.45. The molecule has 1 aromatic heterocycles. The van der Waals surface area contributed by atoms with E-state index in [0.29, 0.717) is 11.6 Å². The van der Waals surface area contributed by atoms with Crippen molar-refractivity contribution in [3.05, 3.63) is 45.4 Å². The Morgan fingerprint density at radius 1 is 1.36 bits per heavy atom. The van der Waals surface area contributed by atoms with Crippen LogP contribution in [0.2, 0.25) is 0 Å². The summed E-state index contributed by atoms with van der Waals surface area (Å²) in [7, 11) is 0. The normalized spacial score (nSPS) is 10.7. The van der Waals surface area contributed by atoms with Gasteiger partial charge in [-0.2, -0.15) is 0 Å². The highest BCUT2D eigenvalue weighted by Crippen LogP contribution is 2.24. The maximum Gasteiger partial charge on any atom is 0.335 e. The molecular weight excluding hydrogens is 300 g/mol. The Morgan fingerprint density at radius 2 is 2.09 bits per heavy atom. The second-order valence-electron chi connectivity index (χ2n) is 5.31. The Balaban J connectivity index is 2.05. The summed E-state index contributed by atoms with van der Waals surface area (Å²) in [5.41, 5.74) is 1.65.